The third-order valence-electron chi connectivity index (χ3n) is 6.21. The molecule has 3 aliphatic carbocycles. The third kappa shape index (κ3) is 4.18. The summed E-state index contributed by atoms with van der Waals surface area (Å²) >= 11 is 0. The van der Waals surface area contributed by atoms with Gasteiger partial charge in [0.2, 0.25) is 5.91 Å². The summed E-state index contributed by atoms with van der Waals surface area (Å²) < 4.78 is 39.6. The van der Waals surface area contributed by atoms with E-state index in [0.29, 0.717) is 31.1 Å². The van der Waals surface area contributed by atoms with Crippen LogP contribution in [-0.2, 0) is 4.79 Å². The topological polar surface area (TPSA) is 55.1 Å². The Kier molecular flexibility index (Phi) is 6.46. The van der Waals surface area contributed by atoms with Crippen molar-refractivity contribution < 1.29 is 18.0 Å². The molecule has 2 bridgehead atoms. The number of fused-ring (bicyclic) bond motifs is 2. The highest BCUT2D eigenvalue weighted by molar-refractivity contribution is 5.85. The Hall–Kier alpha value is -0.490. The maximum Gasteiger partial charge on any atom is 0.392 e. The number of alkyl halides is 3. The predicted molar refractivity (Wildman–Crippen MR) is 88.7 cm³/mol. The zero-order valence-corrected chi connectivity index (χ0v) is 14.7. The number of amides is 1. The van der Waals surface area contributed by atoms with Crippen LogP contribution in [0.5, 0.6) is 0 Å². The average molecular weight is 369 g/mol. The second-order valence-electron chi connectivity index (χ2n) is 7.76. The van der Waals surface area contributed by atoms with Gasteiger partial charge in [-0.2, -0.15) is 13.2 Å². The number of carbonyl (C=O) groups is 1. The van der Waals surface area contributed by atoms with Crippen LogP contribution in [0.2, 0.25) is 0 Å². The molecule has 3 aliphatic rings. The van der Waals surface area contributed by atoms with Crippen LogP contribution in [0, 0.1) is 23.7 Å². The molecule has 0 heterocycles. The molecule has 0 radical (unpaired) electrons. The molecule has 3 N–H and O–H groups in total. The fourth-order valence-corrected chi connectivity index (χ4v) is 5.13. The molecule has 3 nitrogen and oxygen atoms in total. The van der Waals surface area contributed by atoms with Crippen molar-refractivity contribution in [3.63, 3.8) is 0 Å². The number of hydrogen-bond acceptors (Lipinski definition) is 2. The first-order chi connectivity index (χ1) is 10.9. The molecule has 0 aromatic rings. The van der Waals surface area contributed by atoms with Crippen LogP contribution in [0.15, 0.2) is 0 Å². The molecule has 0 aromatic heterocycles. The fourth-order valence-electron chi connectivity index (χ4n) is 5.13. The van der Waals surface area contributed by atoms with E-state index >= 15 is 0 Å². The number of nitrogens with two attached hydrogens (primary N) is 1. The molecule has 0 spiro atoms. The lowest BCUT2D eigenvalue weighted by Gasteiger charge is -2.46. The Morgan fingerprint density at radius 2 is 1.54 bits per heavy atom. The van der Waals surface area contributed by atoms with Gasteiger partial charge in [0.05, 0.1) is 5.92 Å². The van der Waals surface area contributed by atoms with E-state index in [1.54, 1.807) is 0 Å². The van der Waals surface area contributed by atoms with Gasteiger partial charge in [0.1, 0.15) is 0 Å². The fraction of sp³-hybridized carbons (Fsp3) is 0.941. The number of hydrogen-bond donors (Lipinski definition) is 2. The van der Waals surface area contributed by atoms with Gasteiger partial charge in [0.25, 0.3) is 0 Å². The van der Waals surface area contributed by atoms with Gasteiger partial charge < -0.3 is 11.1 Å². The summed E-state index contributed by atoms with van der Waals surface area (Å²) in [6.07, 6.45) is 2.43. The molecule has 3 saturated carbocycles. The molecule has 0 aliphatic heterocycles. The summed E-state index contributed by atoms with van der Waals surface area (Å²) in [5, 5.41) is 3.02. The quantitative estimate of drug-likeness (QED) is 0.779. The van der Waals surface area contributed by atoms with Crippen molar-refractivity contribution in [3.8, 4) is 0 Å². The Bertz CT molecular complexity index is 432. The van der Waals surface area contributed by atoms with E-state index in [9.17, 15) is 18.0 Å². The van der Waals surface area contributed by atoms with E-state index in [1.165, 1.54) is 0 Å². The number of carbonyl (C=O) groups excluding carboxylic acids is 1. The standard InChI is InChI=1S/C17H27F3N2O.ClH/c18-17(19,20)14-7-2-1-6-13(14)16(23)22-15-10-4-3-5-11(15)9-12(21)8-10;/h10-15H,1-9,21H2,(H,22,23);1H. The van der Waals surface area contributed by atoms with Gasteiger partial charge >= 0.3 is 6.18 Å². The summed E-state index contributed by atoms with van der Waals surface area (Å²) in [6.45, 7) is 0. The first-order valence-corrected chi connectivity index (χ1v) is 8.99. The Morgan fingerprint density at radius 1 is 0.958 bits per heavy atom. The first kappa shape index (κ1) is 19.8. The zero-order chi connectivity index (χ0) is 16.6. The molecule has 3 fully saturated rings. The normalized spacial score (nSPS) is 39.7. The van der Waals surface area contributed by atoms with Crippen LogP contribution in [0.25, 0.3) is 0 Å². The van der Waals surface area contributed by atoms with E-state index in [2.05, 4.69) is 5.32 Å². The van der Waals surface area contributed by atoms with Gasteiger partial charge in [-0.05, 0) is 50.4 Å². The zero-order valence-electron chi connectivity index (χ0n) is 13.9. The van der Waals surface area contributed by atoms with Crippen LogP contribution in [0.4, 0.5) is 13.2 Å². The largest absolute Gasteiger partial charge is 0.392 e. The van der Waals surface area contributed by atoms with Crippen molar-refractivity contribution in [3.05, 3.63) is 0 Å². The van der Waals surface area contributed by atoms with Gasteiger partial charge in [-0.1, -0.05) is 19.3 Å². The van der Waals surface area contributed by atoms with Crippen molar-refractivity contribution in [1.82, 2.24) is 5.32 Å². The smallest absolute Gasteiger partial charge is 0.353 e. The van der Waals surface area contributed by atoms with E-state index in [-0.39, 0.29) is 36.8 Å². The van der Waals surface area contributed by atoms with Gasteiger partial charge in [0.15, 0.2) is 0 Å². The number of rotatable bonds is 2. The van der Waals surface area contributed by atoms with Crippen LogP contribution < -0.4 is 11.1 Å². The van der Waals surface area contributed by atoms with Crippen LogP contribution >= 0.6 is 12.4 Å². The molecule has 3 rings (SSSR count). The minimum atomic E-state index is -4.27. The molecular weight excluding hydrogens is 341 g/mol. The van der Waals surface area contributed by atoms with Crippen molar-refractivity contribution in [1.29, 1.82) is 0 Å². The SMILES string of the molecule is Cl.NC1CC2CCCC(C1)C2NC(=O)C1CCCCC1C(F)(F)F. The second-order valence-corrected chi connectivity index (χ2v) is 7.76. The monoisotopic (exact) mass is 368 g/mol. The lowest BCUT2D eigenvalue weighted by molar-refractivity contribution is -0.198. The number of nitrogens with one attached hydrogen (secondary N) is 1. The van der Waals surface area contributed by atoms with Crippen LogP contribution in [0.1, 0.15) is 57.8 Å². The molecule has 0 saturated heterocycles. The summed E-state index contributed by atoms with van der Waals surface area (Å²) in [4.78, 5) is 12.6. The Morgan fingerprint density at radius 3 is 2.12 bits per heavy atom. The summed E-state index contributed by atoms with van der Waals surface area (Å²) in [6, 6.07) is 0.211. The van der Waals surface area contributed by atoms with E-state index in [4.69, 9.17) is 5.73 Å². The van der Waals surface area contributed by atoms with Gasteiger partial charge in [-0.15, -0.1) is 12.4 Å². The Labute approximate surface area is 147 Å². The molecule has 4 unspecified atom stereocenters. The lowest BCUT2D eigenvalue weighted by Crippen LogP contribution is -2.56. The minimum absolute atomic E-state index is 0. The van der Waals surface area contributed by atoms with Crippen molar-refractivity contribution >= 4 is 18.3 Å². The minimum Gasteiger partial charge on any atom is -0.353 e. The maximum atomic E-state index is 13.2. The van der Waals surface area contributed by atoms with Crippen molar-refractivity contribution in [2.24, 2.45) is 29.4 Å². The highest BCUT2D eigenvalue weighted by Gasteiger charge is 2.49. The lowest BCUT2D eigenvalue weighted by atomic mass is 9.66. The van der Waals surface area contributed by atoms with Crippen molar-refractivity contribution in [2.75, 3.05) is 0 Å². The van der Waals surface area contributed by atoms with Gasteiger partial charge in [-0.3, -0.25) is 4.79 Å². The Balaban J connectivity index is 0.00000208. The van der Waals surface area contributed by atoms with Gasteiger partial charge in [-0.25, -0.2) is 0 Å². The van der Waals surface area contributed by atoms with Crippen LogP contribution in [0.3, 0.4) is 0 Å². The van der Waals surface area contributed by atoms with E-state index in [0.717, 1.165) is 32.1 Å². The molecule has 4 atom stereocenters. The highest BCUT2D eigenvalue weighted by Crippen LogP contribution is 2.43. The average Bonchev–Trinajstić information content (AvgIpc) is 2.47. The molecule has 0 aromatic carbocycles. The maximum absolute atomic E-state index is 13.2. The second kappa shape index (κ2) is 7.81. The molecular formula is C17H28ClF3N2O. The predicted octanol–water partition coefficient (Wildman–Crippen LogP) is 3.80. The van der Waals surface area contributed by atoms with E-state index < -0.39 is 18.0 Å². The van der Waals surface area contributed by atoms with Crippen LogP contribution in [-0.4, -0.2) is 24.2 Å². The summed E-state index contributed by atoms with van der Waals surface area (Å²) in [5.41, 5.74) is 6.08. The van der Waals surface area contributed by atoms with Gasteiger partial charge in [0, 0.05) is 18.0 Å². The molecule has 1 amide bonds. The first-order valence-electron chi connectivity index (χ1n) is 8.99. The summed E-state index contributed by atoms with van der Waals surface area (Å²) in [5.74, 6) is -2.06. The highest BCUT2D eigenvalue weighted by atomic mass is 35.5. The molecule has 7 heteroatoms. The molecule has 140 valence electrons. The van der Waals surface area contributed by atoms with E-state index in [1.807, 2.05) is 0 Å². The summed E-state index contributed by atoms with van der Waals surface area (Å²) in [7, 11) is 0. The third-order valence-corrected chi connectivity index (χ3v) is 6.21. The molecule has 24 heavy (non-hydrogen) atoms. The number of halogens is 4. The van der Waals surface area contributed by atoms with Crippen molar-refractivity contribution in [2.45, 2.75) is 76.0 Å².